The number of hydrogen-bond donors (Lipinski definition) is 2. The Morgan fingerprint density at radius 2 is 2.40 bits per heavy atom. The molecule has 2 heterocycles. The fraction of sp³-hybridized carbons (Fsp3) is 0.417. The molecule has 1 saturated heterocycles. The molecule has 0 saturated carbocycles. The van der Waals surface area contributed by atoms with Crippen molar-refractivity contribution in [2.75, 3.05) is 18.0 Å². The summed E-state index contributed by atoms with van der Waals surface area (Å²) >= 11 is 0. The van der Waals surface area contributed by atoms with Crippen LogP contribution in [-0.4, -0.2) is 46.1 Å². The molecule has 1 aromatic rings. The molecule has 104 valence electrons. The van der Waals surface area contributed by atoms with E-state index in [0.29, 0.717) is 18.8 Å². The van der Waals surface area contributed by atoms with Crippen LogP contribution in [0.2, 0.25) is 0 Å². The molecule has 1 atom stereocenters. The van der Waals surface area contributed by atoms with Crippen molar-refractivity contribution in [2.24, 2.45) is 0 Å². The first-order chi connectivity index (χ1) is 9.51. The first-order valence-corrected chi connectivity index (χ1v) is 6.03. The van der Waals surface area contributed by atoms with Crippen molar-refractivity contribution >= 4 is 17.8 Å². The second-order valence-electron chi connectivity index (χ2n) is 4.40. The van der Waals surface area contributed by atoms with Crippen LogP contribution < -0.4 is 10.2 Å². The van der Waals surface area contributed by atoms with Crippen LogP contribution in [0.4, 0.5) is 5.95 Å². The summed E-state index contributed by atoms with van der Waals surface area (Å²) in [4.78, 5) is 32.5. The van der Waals surface area contributed by atoms with Gasteiger partial charge in [0.1, 0.15) is 17.8 Å². The van der Waals surface area contributed by atoms with Gasteiger partial charge in [0.25, 0.3) is 0 Å². The predicted molar refractivity (Wildman–Crippen MR) is 67.9 cm³/mol. The molecule has 0 aliphatic carbocycles. The van der Waals surface area contributed by atoms with Crippen molar-refractivity contribution in [3.05, 3.63) is 17.5 Å². The summed E-state index contributed by atoms with van der Waals surface area (Å²) in [6.45, 7) is 2.49. The average molecular weight is 275 g/mol. The number of carbonyl (C=O) groups is 2. The molecule has 8 nitrogen and oxygen atoms in total. The number of aliphatic carboxylic acids is 1. The molecule has 8 heteroatoms. The van der Waals surface area contributed by atoms with E-state index >= 15 is 0 Å². The van der Waals surface area contributed by atoms with Crippen LogP contribution in [0.5, 0.6) is 0 Å². The van der Waals surface area contributed by atoms with Gasteiger partial charge in [-0.3, -0.25) is 9.59 Å². The zero-order chi connectivity index (χ0) is 14.7. The van der Waals surface area contributed by atoms with Crippen LogP contribution in [0, 0.1) is 18.3 Å². The highest BCUT2D eigenvalue weighted by atomic mass is 16.4. The van der Waals surface area contributed by atoms with E-state index in [1.165, 1.54) is 11.0 Å². The van der Waals surface area contributed by atoms with Crippen molar-refractivity contribution in [2.45, 2.75) is 19.4 Å². The smallest absolute Gasteiger partial charge is 0.305 e. The molecule has 1 fully saturated rings. The topological polar surface area (TPSA) is 119 Å². The van der Waals surface area contributed by atoms with Crippen LogP contribution in [0.25, 0.3) is 0 Å². The van der Waals surface area contributed by atoms with E-state index in [2.05, 4.69) is 15.3 Å². The normalized spacial score (nSPS) is 18.3. The molecule has 0 aromatic carbocycles. The SMILES string of the molecule is Cc1cc(C#N)nc(N2CCNC(=O)C2CC(=O)O)n1. The summed E-state index contributed by atoms with van der Waals surface area (Å²) in [5.74, 6) is -1.24. The standard InChI is InChI=1S/C12H13N5O3/c1-7-4-8(6-13)16-12(15-7)17-3-2-14-11(20)9(17)5-10(18)19/h4,9H,2-3,5H2,1H3,(H,14,20)(H,18,19). The van der Waals surface area contributed by atoms with Gasteiger partial charge >= 0.3 is 5.97 Å². The summed E-state index contributed by atoms with van der Waals surface area (Å²) in [5, 5.41) is 20.4. The number of carboxylic acids is 1. The van der Waals surface area contributed by atoms with Gasteiger partial charge in [0.2, 0.25) is 11.9 Å². The van der Waals surface area contributed by atoms with E-state index in [4.69, 9.17) is 10.4 Å². The summed E-state index contributed by atoms with van der Waals surface area (Å²) in [5.41, 5.74) is 0.777. The minimum atomic E-state index is -1.08. The van der Waals surface area contributed by atoms with E-state index < -0.39 is 12.0 Å². The quantitative estimate of drug-likeness (QED) is 0.758. The minimum absolute atomic E-state index is 0.188. The van der Waals surface area contributed by atoms with Gasteiger partial charge in [-0.2, -0.15) is 5.26 Å². The number of nitriles is 1. The fourth-order valence-corrected chi connectivity index (χ4v) is 2.06. The maximum absolute atomic E-state index is 11.8. The highest BCUT2D eigenvalue weighted by Gasteiger charge is 2.33. The first kappa shape index (κ1) is 13.7. The van der Waals surface area contributed by atoms with Crippen LogP contribution >= 0.6 is 0 Å². The van der Waals surface area contributed by atoms with Crippen molar-refractivity contribution < 1.29 is 14.7 Å². The average Bonchev–Trinajstić information content (AvgIpc) is 2.39. The summed E-state index contributed by atoms with van der Waals surface area (Å²) in [6, 6.07) is 2.58. The number of hydrogen-bond acceptors (Lipinski definition) is 6. The third-order valence-corrected chi connectivity index (χ3v) is 2.91. The number of anilines is 1. The Hall–Kier alpha value is -2.69. The first-order valence-electron chi connectivity index (χ1n) is 6.03. The third-order valence-electron chi connectivity index (χ3n) is 2.91. The molecule has 1 aromatic heterocycles. The Bertz CT molecular complexity index is 595. The molecule has 2 N–H and O–H groups in total. The lowest BCUT2D eigenvalue weighted by molar-refractivity contribution is -0.139. The number of nitrogens with zero attached hydrogens (tertiary/aromatic N) is 4. The lowest BCUT2D eigenvalue weighted by atomic mass is 10.1. The van der Waals surface area contributed by atoms with Crippen molar-refractivity contribution in [1.29, 1.82) is 5.26 Å². The molecule has 1 amide bonds. The van der Waals surface area contributed by atoms with Gasteiger partial charge in [-0.15, -0.1) is 0 Å². The molecule has 0 radical (unpaired) electrons. The number of piperazine rings is 1. The second kappa shape index (κ2) is 5.52. The zero-order valence-electron chi connectivity index (χ0n) is 10.8. The number of aromatic nitrogens is 2. The van der Waals surface area contributed by atoms with E-state index in [0.717, 1.165) is 0 Å². The predicted octanol–water partition coefficient (Wildman–Crippen LogP) is -0.564. The Labute approximate surface area is 115 Å². The minimum Gasteiger partial charge on any atom is -0.481 e. The molecule has 1 aliphatic heterocycles. The molecule has 1 aliphatic rings. The number of amides is 1. The monoisotopic (exact) mass is 275 g/mol. The van der Waals surface area contributed by atoms with E-state index in [1.807, 2.05) is 6.07 Å². The van der Waals surface area contributed by atoms with Crippen LogP contribution in [0.1, 0.15) is 17.8 Å². The van der Waals surface area contributed by atoms with Crippen LogP contribution in [-0.2, 0) is 9.59 Å². The maximum atomic E-state index is 11.8. The number of carboxylic acid groups (broad SMARTS) is 1. The third kappa shape index (κ3) is 2.83. The lowest BCUT2D eigenvalue weighted by Crippen LogP contribution is -2.56. The van der Waals surface area contributed by atoms with Crippen molar-refractivity contribution in [1.82, 2.24) is 15.3 Å². The Balaban J connectivity index is 2.37. The maximum Gasteiger partial charge on any atom is 0.305 e. The zero-order valence-corrected chi connectivity index (χ0v) is 10.8. The van der Waals surface area contributed by atoms with Gasteiger partial charge in [-0.1, -0.05) is 0 Å². The molecule has 2 rings (SSSR count). The van der Waals surface area contributed by atoms with E-state index in [-0.39, 0.29) is 24.0 Å². The molecule has 20 heavy (non-hydrogen) atoms. The summed E-state index contributed by atoms with van der Waals surface area (Å²) < 4.78 is 0. The fourth-order valence-electron chi connectivity index (χ4n) is 2.06. The van der Waals surface area contributed by atoms with Crippen molar-refractivity contribution in [3.63, 3.8) is 0 Å². The lowest BCUT2D eigenvalue weighted by Gasteiger charge is -2.34. The van der Waals surface area contributed by atoms with Gasteiger partial charge in [-0.25, -0.2) is 9.97 Å². The van der Waals surface area contributed by atoms with E-state index in [9.17, 15) is 9.59 Å². The highest BCUT2D eigenvalue weighted by molar-refractivity contribution is 5.89. The number of carbonyl (C=O) groups excluding carboxylic acids is 1. The Morgan fingerprint density at radius 3 is 3.05 bits per heavy atom. The van der Waals surface area contributed by atoms with Gasteiger partial charge < -0.3 is 15.3 Å². The molecular weight excluding hydrogens is 262 g/mol. The number of aryl methyl sites for hydroxylation is 1. The van der Waals surface area contributed by atoms with E-state index in [1.54, 1.807) is 6.92 Å². The van der Waals surface area contributed by atoms with Gasteiger partial charge in [0.05, 0.1) is 6.42 Å². The molecule has 0 bridgehead atoms. The van der Waals surface area contributed by atoms with Crippen LogP contribution in [0.3, 0.4) is 0 Å². The Kier molecular flexibility index (Phi) is 3.79. The van der Waals surface area contributed by atoms with Crippen LogP contribution in [0.15, 0.2) is 6.07 Å². The molecular formula is C12H13N5O3. The van der Waals surface area contributed by atoms with Crippen molar-refractivity contribution in [3.8, 4) is 6.07 Å². The van der Waals surface area contributed by atoms with Gasteiger partial charge in [0.15, 0.2) is 0 Å². The molecule has 1 unspecified atom stereocenters. The Morgan fingerprint density at radius 1 is 1.65 bits per heavy atom. The van der Waals surface area contributed by atoms with Gasteiger partial charge in [0, 0.05) is 18.8 Å². The number of nitrogens with one attached hydrogen (secondary N) is 1. The summed E-state index contributed by atoms with van der Waals surface area (Å²) in [7, 11) is 0. The highest BCUT2D eigenvalue weighted by Crippen LogP contribution is 2.17. The second-order valence-corrected chi connectivity index (χ2v) is 4.40. The number of rotatable bonds is 3. The summed E-state index contributed by atoms with van der Waals surface area (Å²) in [6.07, 6.45) is -0.342. The molecule has 0 spiro atoms. The van der Waals surface area contributed by atoms with Gasteiger partial charge in [-0.05, 0) is 13.0 Å². The largest absolute Gasteiger partial charge is 0.481 e.